The average molecular weight is 163 g/mol. The van der Waals surface area contributed by atoms with E-state index in [4.69, 9.17) is 0 Å². The average Bonchev–Trinajstić information content (AvgIpc) is 2.90. The summed E-state index contributed by atoms with van der Waals surface area (Å²) < 4.78 is 0. The van der Waals surface area contributed by atoms with Gasteiger partial charge in [-0.1, -0.05) is 0 Å². The highest BCUT2D eigenvalue weighted by molar-refractivity contribution is 5.08. The van der Waals surface area contributed by atoms with Crippen LogP contribution in [-0.2, 0) is 0 Å². The largest absolute Gasteiger partial charge is 0.307 e. The van der Waals surface area contributed by atoms with E-state index in [1.165, 1.54) is 18.4 Å². The summed E-state index contributed by atoms with van der Waals surface area (Å²) in [5.41, 5.74) is 1.17. The molecule has 0 aromatic carbocycles. The topological polar surface area (TPSA) is 37.8 Å². The minimum atomic E-state index is 0.388. The summed E-state index contributed by atoms with van der Waals surface area (Å²) in [6, 6.07) is 1.12. The van der Waals surface area contributed by atoms with E-state index in [-0.39, 0.29) is 0 Å². The zero-order chi connectivity index (χ0) is 8.39. The molecule has 0 bridgehead atoms. The number of hydrogen-bond donors (Lipinski definition) is 1. The van der Waals surface area contributed by atoms with Crippen molar-refractivity contribution in [3.63, 3.8) is 0 Å². The van der Waals surface area contributed by atoms with Crippen LogP contribution in [0.25, 0.3) is 0 Å². The molecule has 0 amide bonds. The van der Waals surface area contributed by atoms with Gasteiger partial charge in [0, 0.05) is 30.0 Å². The molecule has 0 spiro atoms. The van der Waals surface area contributed by atoms with E-state index in [2.05, 4.69) is 22.2 Å². The summed E-state index contributed by atoms with van der Waals surface area (Å²) in [4.78, 5) is 7.96. The van der Waals surface area contributed by atoms with Crippen LogP contribution < -0.4 is 5.32 Å². The standard InChI is InChI=1S/C9H13N3/c1-7(12-9-2-3-9)8-4-10-6-11-5-8/h4-7,9,12H,2-3H2,1H3. The predicted octanol–water partition coefficient (Wildman–Crippen LogP) is 1.29. The Balaban J connectivity index is 1.98. The molecule has 0 saturated heterocycles. The van der Waals surface area contributed by atoms with Crippen molar-refractivity contribution in [1.29, 1.82) is 0 Å². The molecule has 1 unspecified atom stereocenters. The summed E-state index contributed by atoms with van der Waals surface area (Å²) in [5.74, 6) is 0. The van der Waals surface area contributed by atoms with Crippen molar-refractivity contribution in [3.8, 4) is 0 Å². The summed E-state index contributed by atoms with van der Waals surface area (Å²) in [6.45, 7) is 2.15. The molecule has 3 heteroatoms. The molecule has 3 nitrogen and oxygen atoms in total. The van der Waals surface area contributed by atoms with Gasteiger partial charge in [-0.05, 0) is 19.8 Å². The van der Waals surface area contributed by atoms with Crippen LogP contribution in [-0.4, -0.2) is 16.0 Å². The Morgan fingerprint density at radius 3 is 2.67 bits per heavy atom. The fraction of sp³-hybridized carbons (Fsp3) is 0.556. The van der Waals surface area contributed by atoms with E-state index < -0.39 is 0 Å². The highest BCUT2D eigenvalue weighted by Crippen LogP contribution is 2.23. The summed E-state index contributed by atoms with van der Waals surface area (Å²) >= 11 is 0. The van der Waals surface area contributed by atoms with E-state index in [0.717, 1.165) is 6.04 Å². The van der Waals surface area contributed by atoms with Gasteiger partial charge in [-0.25, -0.2) is 9.97 Å². The van der Waals surface area contributed by atoms with Gasteiger partial charge in [0.2, 0.25) is 0 Å². The summed E-state index contributed by atoms with van der Waals surface area (Å²) in [5, 5.41) is 3.49. The summed E-state index contributed by atoms with van der Waals surface area (Å²) in [6.07, 6.45) is 7.93. The van der Waals surface area contributed by atoms with Gasteiger partial charge in [-0.15, -0.1) is 0 Å². The van der Waals surface area contributed by atoms with Gasteiger partial charge in [0.15, 0.2) is 0 Å². The number of nitrogens with zero attached hydrogens (tertiary/aromatic N) is 2. The maximum atomic E-state index is 3.98. The van der Waals surface area contributed by atoms with E-state index >= 15 is 0 Å². The molecule has 0 aliphatic heterocycles. The molecule has 2 rings (SSSR count). The fourth-order valence-corrected chi connectivity index (χ4v) is 1.23. The molecule has 1 heterocycles. The molecule has 1 saturated carbocycles. The van der Waals surface area contributed by atoms with Crippen LogP contribution in [0, 0.1) is 0 Å². The molecule has 1 fully saturated rings. The Hall–Kier alpha value is -0.960. The third kappa shape index (κ3) is 1.80. The lowest BCUT2D eigenvalue weighted by atomic mass is 10.2. The van der Waals surface area contributed by atoms with Gasteiger partial charge >= 0.3 is 0 Å². The number of aromatic nitrogens is 2. The minimum absolute atomic E-state index is 0.388. The van der Waals surface area contributed by atoms with Gasteiger partial charge in [0.1, 0.15) is 6.33 Å². The number of hydrogen-bond acceptors (Lipinski definition) is 3. The first-order chi connectivity index (χ1) is 5.86. The summed E-state index contributed by atoms with van der Waals surface area (Å²) in [7, 11) is 0. The monoisotopic (exact) mass is 163 g/mol. The Labute approximate surface area is 72.2 Å². The van der Waals surface area contributed by atoms with E-state index in [1.54, 1.807) is 6.33 Å². The quantitative estimate of drug-likeness (QED) is 0.729. The fourth-order valence-electron chi connectivity index (χ4n) is 1.23. The minimum Gasteiger partial charge on any atom is -0.307 e. The van der Waals surface area contributed by atoms with Gasteiger partial charge in [-0.2, -0.15) is 0 Å². The van der Waals surface area contributed by atoms with Crippen molar-refractivity contribution in [2.45, 2.75) is 31.8 Å². The molecule has 1 atom stereocenters. The van der Waals surface area contributed by atoms with E-state index in [1.807, 2.05) is 12.4 Å². The Morgan fingerprint density at radius 1 is 1.42 bits per heavy atom. The molecule has 1 aromatic heterocycles. The highest BCUT2D eigenvalue weighted by Gasteiger charge is 2.23. The van der Waals surface area contributed by atoms with Crippen LogP contribution in [0.5, 0.6) is 0 Å². The number of rotatable bonds is 3. The van der Waals surface area contributed by atoms with Crippen molar-refractivity contribution in [2.75, 3.05) is 0 Å². The van der Waals surface area contributed by atoms with Crippen molar-refractivity contribution in [2.24, 2.45) is 0 Å². The molecular weight excluding hydrogens is 150 g/mol. The van der Waals surface area contributed by atoms with Gasteiger partial charge in [0.05, 0.1) is 0 Å². The van der Waals surface area contributed by atoms with Crippen LogP contribution in [0.4, 0.5) is 0 Å². The lowest BCUT2D eigenvalue weighted by Gasteiger charge is -2.11. The zero-order valence-corrected chi connectivity index (χ0v) is 7.20. The van der Waals surface area contributed by atoms with Gasteiger partial charge in [0.25, 0.3) is 0 Å². The van der Waals surface area contributed by atoms with Crippen molar-refractivity contribution in [1.82, 2.24) is 15.3 Å². The maximum Gasteiger partial charge on any atom is 0.115 e. The van der Waals surface area contributed by atoms with Crippen LogP contribution in [0.3, 0.4) is 0 Å². The van der Waals surface area contributed by atoms with E-state index in [0.29, 0.717) is 6.04 Å². The third-order valence-electron chi connectivity index (χ3n) is 2.14. The van der Waals surface area contributed by atoms with Crippen molar-refractivity contribution >= 4 is 0 Å². The van der Waals surface area contributed by atoms with Crippen LogP contribution in [0.2, 0.25) is 0 Å². The van der Waals surface area contributed by atoms with E-state index in [9.17, 15) is 0 Å². The lowest BCUT2D eigenvalue weighted by molar-refractivity contribution is 0.567. The SMILES string of the molecule is CC(NC1CC1)c1cncnc1. The molecule has 12 heavy (non-hydrogen) atoms. The van der Waals surface area contributed by atoms with Crippen LogP contribution in [0.1, 0.15) is 31.4 Å². The molecular formula is C9H13N3. The smallest absolute Gasteiger partial charge is 0.115 e. The first-order valence-corrected chi connectivity index (χ1v) is 4.37. The van der Waals surface area contributed by atoms with Crippen molar-refractivity contribution in [3.05, 3.63) is 24.3 Å². The second-order valence-electron chi connectivity index (χ2n) is 3.33. The second-order valence-corrected chi connectivity index (χ2v) is 3.33. The molecule has 64 valence electrons. The maximum absolute atomic E-state index is 3.98. The Bertz CT molecular complexity index is 243. The van der Waals surface area contributed by atoms with Gasteiger partial charge < -0.3 is 5.32 Å². The first-order valence-electron chi connectivity index (χ1n) is 4.37. The molecule has 1 N–H and O–H groups in total. The first kappa shape index (κ1) is 7.68. The zero-order valence-electron chi connectivity index (χ0n) is 7.20. The van der Waals surface area contributed by atoms with Crippen molar-refractivity contribution < 1.29 is 0 Å². The van der Waals surface area contributed by atoms with Crippen LogP contribution >= 0.6 is 0 Å². The number of nitrogens with one attached hydrogen (secondary N) is 1. The van der Waals surface area contributed by atoms with Crippen LogP contribution in [0.15, 0.2) is 18.7 Å². The molecule has 0 radical (unpaired) electrons. The molecule has 1 aliphatic carbocycles. The normalized spacial score (nSPS) is 19.1. The predicted molar refractivity (Wildman–Crippen MR) is 46.6 cm³/mol. The molecule has 1 aromatic rings. The second kappa shape index (κ2) is 3.19. The Kier molecular flexibility index (Phi) is 2.04. The Morgan fingerprint density at radius 2 is 2.08 bits per heavy atom. The lowest BCUT2D eigenvalue weighted by Crippen LogP contribution is -2.20. The third-order valence-corrected chi connectivity index (χ3v) is 2.14. The highest BCUT2D eigenvalue weighted by atomic mass is 15.0. The van der Waals surface area contributed by atoms with Gasteiger partial charge in [-0.3, -0.25) is 0 Å². The molecule has 1 aliphatic rings.